The van der Waals surface area contributed by atoms with Gasteiger partial charge in [0.25, 0.3) is 6.33 Å². The third-order valence-electron chi connectivity index (χ3n) is 17.5. The van der Waals surface area contributed by atoms with Crippen LogP contribution in [-0.2, 0) is 42.7 Å². The second kappa shape index (κ2) is 25.0. The molecule has 0 saturated heterocycles. The summed E-state index contributed by atoms with van der Waals surface area (Å²) in [5.74, 6) is 1.17. The quantitative estimate of drug-likeness (QED) is 0.0529. The van der Waals surface area contributed by atoms with Gasteiger partial charge in [0.15, 0.2) is 8.07 Å². The number of fused-ring (bicyclic) bond motifs is 4. The minimum atomic E-state index is -6.33. The Morgan fingerprint density at radius 2 is 1.00 bits per heavy atom. The Kier molecular flexibility index (Phi) is 11.7. The first-order chi connectivity index (χ1) is 53.4. The van der Waals surface area contributed by atoms with Crippen LogP contribution < -0.4 is 30.1 Å². The number of aromatic nitrogens is 4. The van der Waals surface area contributed by atoms with Crippen molar-refractivity contribution >= 4 is 61.7 Å². The first-order valence-electron chi connectivity index (χ1n) is 41.3. The van der Waals surface area contributed by atoms with Crippen molar-refractivity contribution < 1.29 is 57.8 Å². The molecule has 0 aliphatic heterocycles. The summed E-state index contributed by atoms with van der Waals surface area (Å²) in [5.41, 5.74) is 5.79. The van der Waals surface area contributed by atoms with Crippen LogP contribution in [0.1, 0.15) is 133 Å². The van der Waals surface area contributed by atoms with Crippen LogP contribution in [-0.4, -0.2) is 22.2 Å². The fourth-order valence-electron chi connectivity index (χ4n) is 12.4. The maximum atomic E-state index is 10.4. The van der Waals surface area contributed by atoms with Crippen LogP contribution in [0, 0.1) is 18.5 Å². The molecule has 0 N–H and O–H groups in total. The Morgan fingerprint density at radius 3 is 1.62 bits per heavy atom. The summed E-state index contributed by atoms with van der Waals surface area (Å²) in [7, 11) is -6.33. The zero-order valence-electron chi connectivity index (χ0n) is 74.9. The van der Waals surface area contributed by atoms with E-state index in [1.807, 2.05) is 87.5 Å². The van der Waals surface area contributed by atoms with E-state index >= 15 is 0 Å². The van der Waals surface area contributed by atoms with Crippen molar-refractivity contribution in [3.63, 3.8) is 0 Å². The summed E-state index contributed by atoms with van der Waals surface area (Å²) in [6.07, 6.45) is 5.45. The molecular weight excluding hydrogens is 1350 g/mol. The standard InChI is InChI=1S/C88H80N4OSi.Pt/c1-85(2,3)65-32-27-31-62(49-65)77-52-64(60-29-17-13-18-30-60)54-82(94(72-35-19-14-20-36-72,73-37-21-15-22-38-73)74-39-23-16-24-40-74)84(77)91-59-90(81-53-61(43-46-79(81)91)63-50-67(87(7,8)9)55-68(51-63)88(10,11)12)69-33-28-34-70(57-69)93-71-44-45-76-75-41-25-26-42-78(75)92(80(76)58-71)83-56-66(47-48-89-83)86(4,5)6;/h13-56H,1-12H3;/q-2;/i13D,14D,15D,16D,17D,18D,19D,20D,21D,22D,23D,24D,29D,30D,35D,36D,37D,38D,39D,40D;. The van der Waals surface area contributed by atoms with Gasteiger partial charge in [0.2, 0.25) is 0 Å². The molecule has 7 heteroatoms. The SMILES string of the molecule is [2H]c1c([2H])c([2H])c(-c2cc(-c3cccc(C(C)(C)C)c3)c(-[n+]3[c-]n(-c4[c-]c(Oc5[c-]c6c(cc5)c5ccccc5n6-c5cc(C(C)(C)C)ccn5)ccc4)c4cc(-c5cc(C(C)(C)C)cc(C(C)(C)C)c5)ccc43)c([Si](c3c([2H])c([2H])c([2H])c([2H])c3[2H])(c3c([2H])c([2H])c([2H])c([2H])c3[2H])c3c([2H])c([2H])c([2H])c([2H])c3[2H])c2)c([2H])c1[2H].[Pt]. The maximum Gasteiger partial charge on any atom is 0.268 e. The Hall–Kier alpha value is -9.45. The molecule has 0 amide bonds. The van der Waals surface area contributed by atoms with E-state index in [0.29, 0.717) is 33.7 Å². The third-order valence-corrected chi connectivity index (χ3v) is 21.6. The molecule has 3 aromatic heterocycles. The van der Waals surface area contributed by atoms with Crippen molar-refractivity contribution in [1.82, 2.24) is 14.1 Å². The van der Waals surface area contributed by atoms with E-state index in [4.69, 9.17) is 15.2 Å². The van der Waals surface area contributed by atoms with E-state index in [1.165, 1.54) is 12.1 Å². The topological polar surface area (TPSA) is 35.9 Å². The molecule has 0 atom stereocenters. The van der Waals surface area contributed by atoms with Crippen LogP contribution in [0.5, 0.6) is 11.5 Å². The molecule has 0 saturated carbocycles. The van der Waals surface area contributed by atoms with Crippen LogP contribution in [0.4, 0.5) is 0 Å². The molecule has 14 rings (SSSR count). The summed E-state index contributed by atoms with van der Waals surface area (Å²) in [4.78, 5) is 4.89. The average molecular weight is 1450 g/mol. The molecule has 0 aliphatic rings. The van der Waals surface area contributed by atoms with E-state index in [2.05, 4.69) is 110 Å². The number of para-hydroxylation sites is 1. The van der Waals surface area contributed by atoms with Crippen LogP contribution in [0.3, 0.4) is 0 Å². The van der Waals surface area contributed by atoms with Gasteiger partial charge in [-0.2, -0.15) is 18.2 Å². The van der Waals surface area contributed by atoms with Gasteiger partial charge in [0.1, 0.15) is 5.82 Å². The van der Waals surface area contributed by atoms with Crippen LogP contribution >= 0.6 is 0 Å². The molecule has 14 aromatic rings. The van der Waals surface area contributed by atoms with Gasteiger partial charge < -0.3 is 13.9 Å². The molecule has 0 bridgehead atoms. The zero-order valence-corrected chi connectivity index (χ0v) is 58.1. The first kappa shape index (κ1) is 44.3. The third kappa shape index (κ3) is 12.2. The molecule has 0 fully saturated rings. The monoisotopic (exact) mass is 1450 g/mol. The van der Waals surface area contributed by atoms with Gasteiger partial charge in [-0.25, -0.2) is 4.98 Å². The predicted octanol–water partition coefficient (Wildman–Crippen LogP) is 19.2. The van der Waals surface area contributed by atoms with Gasteiger partial charge in [-0.1, -0.05) is 288 Å². The van der Waals surface area contributed by atoms with Gasteiger partial charge in [0, 0.05) is 44.3 Å². The fraction of sp³-hybridized carbons (Fsp3) is 0.182. The summed E-state index contributed by atoms with van der Waals surface area (Å²) in [5, 5.41) is -1.06. The molecule has 5 nitrogen and oxygen atoms in total. The van der Waals surface area contributed by atoms with Crippen LogP contribution in [0.15, 0.2) is 267 Å². The Balaban J connectivity index is 0.0000115. The van der Waals surface area contributed by atoms with Crippen molar-refractivity contribution in [2.75, 3.05) is 0 Å². The number of imidazole rings is 1. The van der Waals surface area contributed by atoms with E-state index in [9.17, 15) is 21.9 Å². The maximum absolute atomic E-state index is 10.4. The van der Waals surface area contributed by atoms with Crippen molar-refractivity contribution in [1.29, 1.82) is 0 Å². The molecule has 3 heterocycles. The van der Waals surface area contributed by atoms with Crippen molar-refractivity contribution in [3.05, 3.63) is 307 Å². The second-order valence-electron chi connectivity index (χ2n) is 27.9. The van der Waals surface area contributed by atoms with Crippen LogP contribution in [0.2, 0.25) is 0 Å². The number of rotatable bonds is 12. The second-order valence-corrected chi connectivity index (χ2v) is 31.4. The summed E-state index contributed by atoms with van der Waals surface area (Å²) < 4.78 is 206. The fourth-order valence-corrected chi connectivity index (χ4v) is 16.4. The van der Waals surface area contributed by atoms with Gasteiger partial charge >= 0.3 is 0 Å². The van der Waals surface area contributed by atoms with Gasteiger partial charge in [-0.3, -0.25) is 4.57 Å². The van der Waals surface area contributed by atoms with Gasteiger partial charge in [0.05, 0.1) is 44.1 Å². The van der Waals surface area contributed by atoms with E-state index < -0.39 is 161 Å². The molecule has 11 aromatic carbocycles. The number of nitrogens with zero attached hydrogens (tertiary/aromatic N) is 4. The number of ether oxygens (including phenoxy) is 1. The molecule has 474 valence electrons. The number of hydrogen-bond acceptors (Lipinski definition) is 2. The minimum absolute atomic E-state index is 0. The summed E-state index contributed by atoms with van der Waals surface area (Å²) in [6.45, 7) is 25.1. The predicted molar refractivity (Wildman–Crippen MR) is 395 cm³/mol. The van der Waals surface area contributed by atoms with E-state index in [-0.39, 0.29) is 71.1 Å². The Bertz CT molecular complexity index is 6110. The molecule has 0 aliphatic carbocycles. The normalized spacial score (nSPS) is 15.3. The number of benzene rings is 11. The van der Waals surface area contributed by atoms with Crippen LogP contribution in [0.25, 0.3) is 83.4 Å². The molecular formula is C88H80N4OPtSi-2. The van der Waals surface area contributed by atoms with E-state index in [0.717, 1.165) is 44.1 Å². The average Bonchev–Trinajstić information content (AvgIpc) is 1.15. The summed E-state index contributed by atoms with van der Waals surface area (Å²) in [6, 6.07) is 31.2. The minimum Gasteiger partial charge on any atom is -0.510 e. The largest absolute Gasteiger partial charge is 0.510 e. The van der Waals surface area contributed by atoms with Crippen molar-refractivity contribution in [2.24, 2.45) is 0 Å². The molecule has 0 radical (unpaired) electrons. The molecule has 95 heavy (non-hydrogen) atoms. The van der Waals surface area contributed by atoms with Crippen molar-refractivity contribution in [2.45, 2.75) is 105 Å². The van der Waals surface area contributed by atoms with Gasteiger partial charge in [-0.15, -0.1) is 29.7 Å². The van der Waals surface area contributed by atoms with Crippen molar-refractivity contribution in [3.8, 4) is 62.1 Å². The zero-order chi connectivity index (χ0) is 82.7. The number of hydrogen-bond donors (Lipinski definition) is 0. The Labute approximate surface area is 604 Å². The Morgan fingerprint density at radius 1 is 0.442 bits per heavy atom. The van der Waals surface area contributed by atoms with Gasteiger partial charge in [-0.05, 0) is 139 Å². The first-order valence-corrected chi connectivity index (χ1v) is 33.3. The summed E-state index contributed by atoms with van der Waals surface area (Å²) >= 11 is 0. The molecule has 0 unspecified atom stereocenters. The smallest absolute Gasteiger partial charge is 0.268 e. The number of pyridine rings is 1. The molecule has 0 spiro atoms. The van der Waals surface area contributed by atoms with E-state index in [1.54, 1.807) is 51.7 Å².